The molecule has 3 aliphatic rings. The summed E-state index contributed by atoms with van der Waals surface area (Å²) in [7, 11) is 0. The Morgan fingerprint density at radius 3 is 2.20 bits per heavy atom. The van der Waals surface area contributed by atoms with Gasteiger partial charge in [-0.1, -0.05) is 46.5 Å². The molecule has 0 aromatic heterocycles. The first-order valence-corrected chi connectivity index (χ1v) is 9.30. The molecule has 0 bridgehead atoms. The fraction of sp³-hybridized carbons (Fsp3) is 1.00. The monoisotopic (exact) mass is 277 g/mol. The van der Waals surface area contributed by atoms with E-state index in [1.54, 1.807) is 0 Å². The molecule has 3 saturated carbocycles. The van der Waals surface area contributed by atoms with Crippen LogP contribution >= 0.6 is 0 Å². The van der Waals surface area contributed by atoms with Gasteiger partial charge in [0.2, 0.25) is 0 Å². The van der Waals surface area contributed by atoms with E-state index in [4.69, 9.17) is 0 Å². The lowest BCUT2D eigenvalue weighted by atomic mass is 9.69. The third-order valence-corrected chi connectivity index (χ3v) is 6.33. The average molecular weight is 277 g/mol. The van der Waals surface area contributed by atoms with Crippen molar-refractivity contribution in [1.82, 2.24) is 5.32 Å². The summed E-state index contributed by atoms with van der Waals surface area (Å²) in [6.07, 6.45) is 14.8. The number of hydrogen-bond donors (Lipinski definition) is 1. The van der Waals surface area contributed by atoms with Crippen molar-refractivity contribution >= 4 is 0 Å². The number of hydrogen-bond acceptors (Lipinski definition) is 1. The van der Waals surface area contributed by atoms with E-state index >= 15 is 0 Å². The lowest BCUT2D eigenvalue weighted by Crippen LogP contribution is -2.49. The van der Waals surface area contributed by atoms with Crippen molar-refractivity contribution in [3.63, 3.8) is 0 Å². The molecular formula is C19H35N. The van der Waals surface area contributed by atoms with Crippen LogP contribution in [0.3, 0.4) is 0 Å². The van der Waals surface area contributed by atoms with Crippen LogP contribution in [0.5, 0.6) is 0 Å². The molecule has 1 N–H and O–H groups in total. The van der Waals surface area contributed by atoms with E-state index in [1.165, 1.54) is 64.2 Å². The van der Waals surface area contributed by atoms with Crippen molar-refractivity contribution in [2.45, 2.75) is 97.1 Å². The summed E-state index contributed by atoms with van der Waals surface area (Å²) < 4.78 is 0. The second-order valence-corrected chi connectivity index (χ2v) is 8.99. The Labute approximate surface area is 126 Å². The van der Waals surface area contributed by atoms with Gasteiger partial charge in [-0.25, -0.2) is 0 Å². The van der Waals surface area contributed by atoms with Crippen molar-refractivity contribution in [3.8, 4) is 0 Å². The van der Waals surface area contributed by atoms with Gasteiger partial charge in [0.25, 0.3) is 0 Å². The molecule has 0 aliphatic heterocycles. The van der Waals surface area contributed by atoms with Crippen LogP contribution in [-0.2, 0) is 0 Å². The molecule has 1 nitrogen and oxygen atoms in total. The van der Waals surface area contributed by atoms with Crippen LogP contribution in [0.2, 0.25) is 0 Å². The molecule has 116 valence electrons. The summed E-state index contributed by atoms with van der Waals surface area (Å²) in [5.41, 5.74) is 0.475. The zero-order chi connectivity index (χ0) is 14.2. The Morgan fingerprint density at radius 2 is 1.50 bits per heavy atom. The maximum Gasteiger partial charge on any atom is 0.0103 e. The topological polar surface area (TPSA) is 12.0 Å². The molecule has 0 spiro atoms. The zero-order valence-electron chi connectivity index (χ0n) is 14.0. The molecule has 0 aromatic rings. The lowest BCUT2D eigenvalue weighted by Gasteiger charge is -2.43. The number of nitrogens with one attached hydrogen (secondary N) is 1. The van der Waals surface area contributed by atoms with E-state index in [1.807, 2.05) is 0 Å². The molecule has 4 atom stereocenters. The molecule has 3 rings (SSSR count). The summed E-state index contributed by atoms with van der Waals surface area (Å²) in [5, 5.41) is 4.13. The molecule has 0 amide bonds. The summed E-state index contributed by atoms with van der Waals surface area (Å²) in [6, 6.07) is 1.63. The highest BCUT2D eigenvalue weighted by Gasteiger charge is 2.38. The predicted octanol–water partition coefficient (Wildman–Crippen LogP) is 5.15. The van der Waals surface area contributed by atoms with Crippen molar-refractivity contribution < 1.29 is 0 Å². The van der Waals surface area contributed by atoms with Gasteiger partial charge < -0.3 is 5.32 Å². The summed E-state index contributed by atoms with van der Waals surface area (Å²) in [6.45, 7) is 7.35. The largest absolute Gasteiger partial charge is 0.311 e. The minimum Gasteiger partial charge on any atom is -0.311 e. The van der Waals surface area contributed by atoms with Crippen LogP contribution in [0.25, 0.3) is 0 Å². The average Bonchev–Trinajstić information content (AvgIpc) is 3.23. The summed E-state index contributed by atoms with van der Waals surface area (Å²) in [4.78, 5) is 0. The molecule has 0 aromatic carbocycles. The highest BCUT2D eigenvalue weighted by molar-refractivity contribution is 4.93. The fourth-order valence-electron chi connectivity index (χ4n) is 5.04. The molecule has 3 aliphatic carbocycles. The Bertz CT molecular complexity index is 312. The predicted molar refractivity (Wildman–Crippen MR) is 86.8 cm³/mol. The van der Waals surface area contributed by atoms with E-state index in [-0.39, 0.29) is 0 Å². The van der Waals surface area contributed by atoms with Gasteiger partial charge in [0.15, 0.2) is 0 Å². The Hall–Kier alpha value is -0.0400. The van der Waals surface area contributed by atoms with E-state index in [9.17, 15) is 0 Å². The van der Waals surface area contributed by atoms with Crippen molar-refractivity contribution in [2.75, 3.05) is 0 Å². The van der Waals surface area contributed by atoms with Crippen LogP contribution in [0.1, 0.15) is 85.0 Å². The van der Waals surface area contributed by atoms with Crippen LogP contribution in [0.15, 0.2) is 0 Å². The van der Waals surface area contributed by atoms with Gasteiger partial charge in [-0.05, 0) is 61.7 Å². The summed E-state index contributed by atoms with van der Waals surface area (Å²) >= 11 is 0. The van der Waals surface area contributed by atoms with Crippen LogP contribution in [-0.4, -0.2) is 12.1 Å². The van der Waals surface area contributed by atoms with Gasteiger partial charge in [-0.3, -0.25) is 0 Å². The van der Waals surface area contributed by atoms with Crippen LogP contribution < -0.4 is 5.32 Å². The molecule has 4 unspecified atom stereocenters. The SMILES string of the molecule is CC(C)(C)C1CCCCC1NC1CCCC(C2CC2)C1. The van der Waals surface area contributed by atoms with Gasteiger partial charge >= 0.3 is 0 Å². The molecule has 0 radical (unpaired) electrons. The van der Waals surface area contributed by atoms with E-state index < -0.39 is 0 Å². The van der Waals surface area contributed by atoms with Gasteiger partial charge in [0.1, 0.15) is 0 Å². The van der Waals surface area contributed by atoms with Gasteiger partial charge in [-0.2, -0.15) is 0 Å². The van der Waals surface area contributed by atoms with E-state index in [0.717, 1.165) is 29.8 Å². The van der Waals surface area contributed by atoms with Gasteiger partial charge in [0.05, 0.1) is 0 Å². The summed E-state index contributed by atoms with van der Waals surface area (Å²) in [5.74, 6) is 3.07. The third-order valence-electron chi connectivity index (χ3n) is 6.33. The van der Waals surface area contributed by atoms with Crippen molar-refractivity contribution in [3.05, 3.63) is 0 Å². The molecule has 0 heterocycles. The maximum atomic E-state index is 4.13. The molecule has 0 saturated heterocycles. The van der Waals surface area contributed by atoms with E-state index in [2.05, 4.69) is 26.1 Å². The first kappa shape index (κ1) is 14.9. The minimum atomic E-state index is 0.475. The maximum absolute atomic E-state index is 4.13. The first-order chi connectivity index (χ1) is 9.54. The normalized spacial score (nSPS) is 39.8. The number of rotatable bonds is 3. The smallest absolute Gasteiger partial charge is 0.0103 e. The first-order valence-electron chi connectivity index (χ1n) is 9.30. The molecule has 3 fully saturated rings. The second kappa shape index (κ2) is 5.99. The van der Waals surface area contributed by atoms with E-state index in [0.29, 0.717) is 5.41 Å². The zero-order valence-corrected chi connectivity index (χ0v) is 14.0. The lowest BCUT2D eigenvalue weighted by molar-refractivity contribution is 0.111. The highest BCUT2D eigenvalue weighted by Crippen LogP contribution is 2.44. The molecular weight excluding hydrogens is 242 g/mol. The van der Waals surface area contributed by atoms with Crippen molar-refractivity contribution in [1.29, 1.82) is 0 Å². The van der Waals surface area contributed by atoms with Gasteiger partial charge in [0, 0.05) is 12.1 Å². The van der Waals surface area contributed by atoms with Gasteiger partial charge in [-0.15, -0.1) is 0 Å². The van der Waals surface area contributed by atoms with Crippen LogP contribution in [0, 0.1) is 23.2 Å². The van der Waals surface area contributed by atoms with Crippen LogP contribution in [0.4, 0.5) is 0 Å². The highest BCUT2D eigenvalue weighted by atomic mass is 15.0. The minimum absolute atomic E-state index is 0.475. The Balaban J connectivity index is 1.57. The molecule has 20 heavy (non-hydrogen) atoms. The standard InChI is InChI=1S/C19H35N/c1-19(2,3)17-9-4-5-10-18(17)20-16-8-6-7-15(13-16)14-11-12-14/h14-18,20H,4-13H2,1-3H3. The molecule has 1 heteroatoms. The quantitative estimate of drug-likeness (QED) is 0.752. The Kier molecular flexibility index (Phi) is 4.45. The fourth-order valence-corrected chi connectivity index (χ4v) is 5.04. The third kappa shape index (κ3) is 3.59. The van der Waals surface area contributed by atoms with Crippen molar-refractivity contribution in [2.24, 2.45) is 23.2 Å². The second-order valence-electron chi connectivity index (χ2n) is 8.99. The Morgan fingerprint density at radius 1 is 0.750 bits per heavy atom.